The normalized spacial score (nSPS) is 15.9. The Bertz CT molecular complexity index is 99.1. The summed E-state index contributed by atoms with van der Waals surface area (Å²) in [5, 5.41) is 0. The minimum atomic E-state index is -2.68. The van der Waals surface area contributed by atoms with Crippen molar-refractivity contribution in [3.63, 3.8) is 0 Å². The maximum Gasteiger partial charge on any atom is 0.197 e. The second kappa shape index (κ2) is 5.50. The van der Waals surface area contributed by atoms with Crippen LogP contribution in [0.1, 0.15) is 19.8 Å². The Morgan fingerprint density at radius 2 is 2.00 bits per heavy atom. The van der Waals surface area contributed by atoms with Gasteiger partial charge in [-0.15, -0.1) is 0 Å². The lowest BCUT2D eigenvalue weighted by atomic mass is 10.4. The molecule has 0 heterocycles. The van der Waals surface area contributed by atoms with Gasteiger partial charge < -0.3 is 4.89 Å². The highest BCUT2D eigenvalue weighted by atomic mass is 31.2. The van der Waals surface area contributed by atoms with E-state index in [1.165, 1.54) is 6.66 Å². The lowest BCUT2D eigenvalue weighted by molar-refractivity contribution is 0.482. The quantitative estimate of drug-likeness (QED) is 0.489. The van der Waals surface area contributed by atoms with Gasteiger partial charge in [-0.05, 0) is 6.42 Å². The lowest BCUT2D eigenvalue weighted by Gasteiger charge is -2.00. The van der Waals surface area contributed by atoms with Crippen molar-refractivity contribution in [2.75, 3.05) is 12.8 Å². The first-order valence-electron chi connectivity index (χ1n) is 2.85. The minimum Gasteiger partial charge on any atom is -0.344 e. The van der Waals surface area contributed by atoms with Crippen molar-refractivity contribution in [1.29, 1.82) is 0 Å². The summed E-state index contributed by atoms with van der Waals surface area (Å²) in [6.45, 7) is 3.42. The van der Waals surface area contributed by atoms with Crippen molar-refractivity contribution in [2.24, 2.45) is 0 Å². The van der Waals surface area contributed by atoms with Gasteiger partial charge in [0, 0.05) is 12.8 Å². The van der Waals surface area contributed by atoms with E-state index in [1.807, 2.05) is 6.92 Å². The molecular formula is C5H16AlO2P. The van der Waals surface area contributed by atoms with Gasteiger partial charge in [0.1, 0.15) is 0 Å². The highest BCUT2D eigenvalue weighted by Crippen LogP contribution is 2.35. The first-order valence-corrected chi connectivity index (χ1v) is 5.15. The van der Waals surface area contributed by atoms with E-state index in [4.69, 9.17) is 4.89 Å². The Morgan fingerprint density at radius 3 is 2.11 bits per heavy atom. The molecule has 4 heteroatoms. The van der Waals surface area contributed by atoms with Crippen molar-refractivity contribution in [2.45, 2.75) is 19.8 Å². The van der Waals surface area contributed by atoms with Gasteiger partial charge in [0.25, 0.3) is 0 Å². The Balaban J connectivity index is 0. The molecule has 0 rings (SSSR count). The third kappa shape index (κ3) is 12.0. The molecule has 0 bridgehead atoms. The Kier molecular flexibility index (Phi) is 7.58. The molecule has 9 heavy (non-hydrogen) atoms. The zero-order valence-corrected chi connectivity index (χ0v) is 6.32. The molecule has 0 amide bonds. The van der Waals surface area contributed by atoms with Crippen LogP contribution in [0.2, 0.25) is 0 Å². The van der Waals surface area contributed by atoms with Crippen LogP contribution in [0, 0.1) is 0 Å². The molecule has 0 radical (unpaired) electrons. The van der Waals surface area contributed by atoms with Crippen molar-refractivity contribution in [3.8, 4) is 0 Å². The number of unbranched alkanes of at least 4 members (excludes halogenated alkanes) is 1. The number of rotatable bonds is 3. The molecule has 0 saturated carbocycles. The molecule has 0 spiro atoms. The maximum absolute atomic E-state index is 10.5. The highest BCUT2D eigenvalue weighted by Gasteiger charge is 2.06. The summed E-state index contributed by atoms with van der Waals surface area (Å²) in [5.41, 5.74) is 0. The van der Waals surface area contributed by atoms with Crippen molar-refractivity contribution >= 4 is 24.7 Å². The fourth-order valence-corrected chi connectivity index (χ4v) is 1.35. The van der Waals surface area contributed by atoms with Gasteiger partial charge in [0.05, 0.1) is 0 Å². The Hall–Kier alpha value is 0.722. The molecule has 56 valence electrons. The average molecular weight is 166 g/mol. The van der Waals surface area contributed by atoms with Crippen LogP contribution in [0.3, 0.4) is 0 Å². The van der Waals surface area contributed by atoms with Crippen LogP contribution < -0.4 is 0 Å². The molecule has 1 N–H and O–H groups in total. The maximum atomic E-state index is 10.5. The predicted molar refractivity (Wildman–Crippen MR) is 45.5 cm³/mol. The third-order valence-electron chi connectivity index (χ3n) is 0.927. The monoisotopic (exact) mass is 166 g/mol. The van der Waals surface area contributed by atoms with Gasteiger partial charge in [-0.2, -0.15) is 0 Å². The van der Waals surface area contributed by atoms with E-state index in [-0.39, 0.29) is 17.4 Å². The van der Waals surface area contributed by atoms with E-state index < -0.39 is 7.37 Å². The van der Waals surface area contributed by atoms with Crippen LogP contribution in [-0.2, 0) is 4.57 Å². The van der Waals surface area contributed by atoms with Crippen LogP contribution in [0.25, 0.3) is 0 Å². The van der Waals surface area contributed by atoms with Gasteiger partial charge in [0.2, 0.25) is 0 Å². The third-order valence-corrected chi connectivity index (χ3v) is 2.07. The van der Waals surface area contributed by atoms with Crippen LogP contribution >= 0.6 is 7.37 Å². The molecule has 0 aromatic carbocycles. The first kappa shape index (κ1) is 12.4. The second-order valence-electron chi connectivity index (χ2n) is 2.13. The van der Waals surface area contributed by atoms with Gasteiger partial charge in [-0.1, -0.05) is 13.3 Å². The van der Waals surface area contributed by atoms with Crippen LogP contribution in [-0.4, -0.2) is 35.1 Å². The average Bonchev–Trinajstić information content (AvgIpc) is 1.59. The standard InChI is InChI=1S/C5H13O2P.Al.3H/c1-3-4-5-8(2,6)7;;;;/h3-5H2,1-2H3,(H,6,7);;;;. The Morgan fingerprint density at radius 1 is 1.56 bits per heavy atom. The summed E-state index contributed by atoms with van der Waals surface area (Å²) >= 11 is 0. The van der Waals surface area contributed by atoms with E-state index >= 15 is 0 Å². The summed E-state index contributed by atoms with van der Waals surface area (Å²) in [6.07, 6.45) is 2.34. The zero-order chi connectivity index (χ0) is 6.62. The summed E-state index contributed by atoms with van der Waals surface area (Å²) < 4.78 is 10.5. The zero-order valence-electron chi connectivity index (χ0n) is 5.42. The fraction of sp³-hybridized carbons (Fsp3) is 1.00. The molecule has 0 aromatic rings. The molecule has 0 saturated heterocycles. The van der Waals surface area contributed by atoms with E-state index in [0.29, 0.717) is 6.16 Å². The summed E-state index contributed by atoms with van der Waals surface area (Å²) in [6, 6.07) is 0. The molecule has 1 atom stereocenters. The summed E-state index contributed by atoms with van der Waals surface area (Å²) in [7, 11) is -2.68. The smallest absolute Gasteiger partial charge is 0.197 e. The van der Waals surface area contributed by atoms with Crippen molar-refractivity contribution in [3.05, 3.63) is 0 Å². The largest absolute Gasteiger partial charge is 0.344 e. The topological polar surface area (TPSA) is 37.3 Å². The van der Waals surface area contributed by atoms with Crippen LogP contribution in [0.15, 0.2) is 0 Å². The highest BCUT2D eigenvalue weighted by molar-refractivity contribution is 7.57. The van der Waals surface area contributed by atoms with Crippen LogP contribution in [0.5, 0.6) is 0 Å². The fourth-order valence-electron chi connectivity index (χ4n) is 0.451. The van der Waals surface area contributed by atoms with E-state index in [0.717, 1.165) is 12.8 Å². The second-order valence-corrected chi connectivity index (χ2v) is 4.68. The molecule has 0 aliphatic rings. The number of hydrogen-bond donors (Lipinski definition) is 1. The molecule has 2 nitrogen and oxygen atoms in total. The lowest BCUT2D eigenvalue weighted by Crippen LogP contribution is -1.84. The SMILES string of the molecule is CCCCP(C)(=O)O.[AlH3]. The predicted octanol–water partition coefficient (Wildman–Crippen LogP) is 0.503. The molecule has 0 aliphatic carbocycles. The number of hydrogen-bond acceptors (Lipinski definition) is 1. The first-order chi connectivity index (χ1) is 3.56. The molecule has 0 aliphatic heterocycles. The van der Waals surface area contributed by atoms with Gasteiger partial charge in [-0.3, -0.25) is 4.57 Å². The summed E-state index contributed by atoms with van der Waals surface area (Å²) in [5.74, 6) is 0. The van der Waals surface area contributed by atoms with E-state index in [1.54, 1.807) is 0 Å². The van der Waals surface area contributed by atoms with Crippen molar-refractivity contribution < 1.29 is 9.46 Å². The molecular weight excluding hydrogens is 150 g/mol. The van der Waals surface area contributed by atoms with Gasteiger partial charge in [-0.25, -0.2) is 0 Å². The van der Waals surface area contributed by atoms with Gasteiger partial charge in [0.15, 0.2) is 24.7 Å². The molecule has 1 unspecified atom stereocenters. The van der Waals surface area contributed by atoms with Crippen LogP contribution in [0.4, 0.5) is 0 Å². The molecule has 0 fully saturated rings. The Labute approximate surface area is 67.2 Å². The van der Waals surface area contributed by atoms with Crippen molar-refractivity contribution in [1.82, 2.24) is 0 Å². The van der Waals surface area contributed by atoms with E-state index in [2.05, 4.69) is 0 Å². The molecule has 0 aromatic heterocycles. The van der Waals surface area contributed by atoms with E-state index in [9.17, 15) is 4.57 Å². The van der Waals surface area contributed by atoms with Gasteiger partial charge >= 0.3 is 0 Å². The minimum absolute atomic E-state index is 0. The summed E-state index contributed by atoms with van der Waals surface area (Å²) in [4.78, 5) is 8.70.